The van der Waals surface area contributed by atoms with Gasteiger partial charge in [0.2, 0.25) is 11.8 Å². The lowest BCUT2D eigenvalue weighted by Crippen LogP contribution is -2.54. The highest BCUT2D eigenvalue weighted by atomic mass is 16.2. The normalized spacial score (nSPS) is 27.4. The first kappa shape index (κ1) is 20.7. The summed E-state index contributed by atoms with van der Waals surface area (Å²) >= 11 is 0. The lowest BCUT2D eigenvalue weighted by atomic mass is 9.88. The number of hydrogen-bond donors (Lipinski definition) is 2. The van der Waals surface area contributed by atoms with Gasteiger partial charge in [0.15, 0.2) is 0 Å². The van der Waals surface area contributed by atoms with E-state index in [0.717, 1.165) is 42.8 Å². The SMILES string of the molecule is CC1CC(CCN)CCN1Cc1ccc2c(c1)C(=O)N(C1CCC(=O)NC1=O)C2=O. The minimum Gasteiger partial charge on any atom is -0.330 e. The highest BCUT2D eigenvalue weighted by Crippen LogP contribution is 2.30. The van der Waals surface area contributed by atoms with Gasteiger partial charge in [0.1, 0.15) is 6.04 Å². The number of likely N-dealkylation sites (tertiary alicyclic amines) is 1. The average Bonchev–Trinajstić information content (AvgIpc) is 2.95. The molecule has 3 heterocycles. The summed E-state index contributed by atoms with van der Waals surface area (Å²) in [7, 11) is 0. The quantitative estimate of drug-likeness (QED) is 0.699. The Morgan fingerprint density at radius 1 is 1.10 bits per heavy atom. The molecule has 1 aromatic rings. The molecule has 3 atom stereocenters. The molecule has 2 fully saturated rings. The Kier molecular flexibility index (Phi) is 5.71. The molecule has 1 aromatic carbocycles. The van der Waals surface area contributed by atoms with E-state index >= 15 is 0 Å². The first-order valence-electron chi connectivity index (χ1n) is 10.7. The molecular formula is C22H28N4O4. The number of amides is 4. The molecule has 160 valence electrons. The van der Waals surface area contributed by atoms with Gasteiger partial charge in [-0.1, -0.05) is 6.07 Å². The van der Waals surface area contributed by atoms with Crippen molar-refractivity contribution in [1.82, 2.24) is 15.1 Å². The molecule has 3 unspecified atom stereocenters. The van der Waals surface area contributed by atoms with E-state index in [4.69, 9.17) is 5.73 Å². The molecule has 8 nitrogen and oxygen atoms in total. The van der Waals surface area contributed by atoms with Gasteiger partial charge in [-0.05, 0) is 69.3 Å². The summed E-state index contributed by atoms with van der Waals surface area (Å²) in [4.78, 5) is 52.8. The predicted octanol–water partition coefficient (Wildman–Crippen LogP) is 1.04. The molecule has 3 aliphatic rings. The number of rotatable bonds is 5. The number of fused-ring (bicyclic) bond motifs is 1. The smallest absolute Gasteiger partial charge is 0.262 e. The molecule has 0 radical (unpaired) electrons. The third-order valence-electron chi connectivity index (χ3n) is 6.59. The van der Waals surface area contributed by atoms with Crippen molar-refractivity contribution in [3.8, 4) is 0 Å². The fourth-order valence-corrected chi connectivity index (χ4v) is 4.90. The highest BCUT2D eigenvalue weighted by molar-refractivity contribution is 6.23. The van der Waals surface area contributed by atoms with Crippen molar-refractivity contribution in [3.05, 3.63) is 34.9 Å². The first-order chi connectivity index (χ1) is 14.4. The Morgan fingerprint density at radius 3 is 2.57 bits per heavy atom. The van der Waals surface area contributed by atoms with E-state index in [1.807, 2.05) is 6.07 Å². The lowest BCUT2D eigenvalue weighted by molar-refractivity contribution is -0.136. The van der Waals surface area contributed by atoms with Crippen LogP contribution in [0.1, 0.15) is 65.3 Å². The fraction of sp³-hybridized carbons (Fsp3) is 0.545. The number of nitrogens with two attached hydrogens (primary N) is 1. The van der Waals surface area contributed by atoms with Gasteiger partial charge in [0, 0.05) is 19.0 Å². The van der Waals surface area contributed by atoms with Gasteiger partial charge >= 0.3 is 0 Å². The molecule has 0 aromatic heterocycles. The van der Waals surface area contributed by atoms with Crippen molar-refractivity contribution in [3.63, 3.8) is 0 Å². The molecular weight excluding hydrogens is 384 g/mol. The van der Waals surface area contributed by atoms with Crippen LogP contribution in [-0.2, 0) is 16.1 Å². The van der Waals surface area contributed by atoms with Crippen LogP contribution in [0.4, 0.5) is 0 Å². The summed E-state index contributed by atoms with van der Waals surface area (Å²) in [5, 5.41) is 2.22. The van der Waals surface area contributed by atoms with Gasteiger partial charge in [0.05, 0.1) is 11.1 Å². The van der Waals surface area contributed by atoms with Crippen LogP contribution in [0, 0.1) is 5.92 Å². The van der Waals surface area contributed by atoms with Crippen molar-refractivity contribution < 1.29 is 19.2 Å². The van der Waals surface area contributed by atoms with Gasteiger partial charge < -0.3 is 5.73 Å². The largest absolute Gasteiger partial charge is 0.330 e. The third-order valence-corrected chi connectivity index (χ3v) is 6.59. The molecule has 30 heavy (non-hydrogen) atoms. The van der Waals surface area contributed by atoms with Gasteiger partial charge in [0.25, 0.3) is 11.8 Å². The van der Waals surface area contributed by atoms with E-state index in [9.17, 15) is 19.2 Å². The van der Waals surface area contributed by atoms with Gasteiger partial charge in [-0.3, -0.25) is 34.3 Å². The Labute approximate surface area is 175 Å². The third kappa shape index (κ3) is 3.77. The van der Waals surface area contributed by atoms with E-state index in [0.29, 0.717) is 29.6 Å². The Bertz CT molecular complexity index is 899. The maximum absolute atomic E-state index is 13.0. The summed E-state index contributed by atoms with van der Waals surface area (Å²) < 4.78 is 0. The van der Waals surface area contributed by atoms with Crippen LogP contribution in [0.15, 0.2) is 18.2 Å². The van der Waals surface area contributed by atoms with Crippen molar-refractivity contribution in [1.29, 1.82) is 0 Å². The van der Waals surface area contributed by atoms with Crippen molar-refractivity contribution in [2.45, 2.75) is 57.7 Å². The minimum absolute atomic E-state index is 0.118. The summed E-state index contributed by atoms with van der Waals surface area (Å²) in [5.74, 6) is -1.22. The van der Waals surface area contributed by atoms with Gasteiger partial charge in [-0.25, -0.2) is 0 Å². The number of carbonyl (C=O) groups excluding carboxylic acids is 4. The summed E-state index contributed by atoms with van der Waals surface area (Å²) in [6.07, 6.45) is 3.57. The second-order valence-corrected chi connectivity index (χ2v) is 8.61. The number of carbonyl (C=O) groups is 4. The van der Waals surface area contributed by atoms with E-state index < -0.39 is 23.8 Å². The second-order valence-electron chi connectivity index (χ2n) is 8.61. The van der Waals surface area contributed by atoms with Crippen LogP contribution in [0.2, 0.25) is 0 Å². The van der Waals surface area contributed by atoms with Crippen LogP contribution in [0.3, 0.4) is 0 Å². The standard InChI is InChI=1S/C22H28N4O4/c1-13-10-14(6-8-23)7-9-25(13)12-15-2-3-16-17(11-15)22(30)26(21(16)29)18-4-5-19(27)24-20(18)28/h2-3,11,13-14,18H,4-10,12,23H2,1H3,(H,24,27,28). The molecule has 0 spiro atoms. The predicted molar refractivity (Wildman–Crippen MR) is 109 cm³/mol. The van der Waals surface area contributed by atoms with Crippen LogP contribution < -0.4 is 11.1 Å². The molecule has 0 saturated carbocycles. The van der Waals surface area contributed by atoms with E-state index in [2.05, 4.69) is 17.1 Å². The van der Waals surface area contributed by atoms with Crippen LogP contribution in [-0.4, -0.2) is 58.6 Å². The molecule has 0 aliphatic carbocycles. The average molecular weight is 412 g/mol. The van der Waals surface area contributed by atoms with E-state index in [1.165, 1.54) is 0 Å². The molecule has 4 amide bonds. The number of imide groups is 2. The fourth-order valence-electron chi connectivity index (χ4n) is 4.90. The van der Waals surface area contributed by atoms with E-state index in [1.54, 1.807) is 12.1 Å². The second kappa shape index (κ2) is 8.28. The molecule has 3 aliphatic heterocycles. The monoisotopic (exact) mass is 412 g/mol. The molecule has 0 bridgehead atoms. The maximum Gasteiger partial charge on any atom is 0.262 e. The van der Waals surface area contributed by atoms with Crippen LogP contribution in [0.25, 0.3) is 0 Å². The topological polar surface area (TPSA) is 113 Å². The van der Waals surface area contributed by atoms with Crippen LogP contribution in [0.5, 0.6) is 0 Å². The lowest BCUT2D eigenvalue weighted by Gasteiger charge is -2.37. The van der Waals surface area contributed by atoms with Gasteiger partial charge in [-0.15, -0.1) is 0 Å². The number of nitrogens with one attached hydrogen (secondary N) is 1. The van der Waals surface area contributed by atoms with Crippen molar-refractivity contribution in [2.24, 2.45) is 11.7 Å². The number of hydrogen-bond acceptors (Lipinski definition) is 6. The van der Waals surface area contributed by atoms with Crippen molar-refractivity contribution in [2.75, 3.05) is 13.1 Å². The maximum atomic E-state index is 13.0. The summed E-state index contributed by atoms with van der Waals surface area (Å²) in [5.41, 5.74) is 7.34. The Hall–Kier alpha value is -2.58. The Balaban J connectivity index is 1.48. The Morgan fingerprint density at radius 2 is 1.87 bits per heavy atom. The van der Waals surface area contributed by atoms with E-state index in [-0.39, 0.29) is 18.7 Å². The van der Waals surface area contributed by atoms with Crippen LogP contribution >= 0.6 is 0 Å². The van der Waals surface area contributed by atoms with Gasteiger partial charge in [-0.2, -0.15) is 0 Å². The minimum atomic E-state index is -0.930. The number of benzene rings is 1. The summed E-state index contributed by atoms with van der Waals surface area (Å²) in [6.45, 7) is 4.64. The zero-order chi connectivity index (χ0) is 21.4. The molecule has 3 N–H and O–H groups in total. The molecule has 8 heteroatoms. The summed E-state index contributed by atoms with van der Waals surface area (Å²) in [6, 6.07) is 4.85. The highest BCUT2D eigenvalue weighted by Gasteiger charge is 2.44. The van der Waals surface area contributed by atoms with Crippen molar-refractivity contribution >= 4 is 23.6 Å². The molecule has 4 rings (SSSR count). The molecule has 2 saturated heterocycles. The number of piperidine rings is 2. The first-order valence-corrected chi connectivity index (χ1v) is 10.7. The number of nitrogens with zero attached hydrogens (tertiary/aromatic N) is 2. The zero-order valence-corrected chi connectivity index (χ0v) is 17.2. The zero-order valence-electron chi connectivity index (χ0n) is 17.2.